The number of allylic oxidation sites excluding steroid dienone is 4. The lowest BCUT2D eigenvalue weighted by Crippen LogP contribution is -2.06. The molecule has 1 fully saturated rings. The zero-order valence-corrected chi connectivity index (χ0v) is 30.7. The Morgan fingerprint density at radius 3 is 2.02 bits per heavy atom. The first-order valence-electron chi connectivity index (χ1n) is 19.4. The standard InChI is InChI=1S/C51H36N2S/c1-3-17-42-39(14-1)40-15-2-4-18-43(40)50-49(42)52-29-45(53-50)33-13-8-11-31(27-33)37-25-24-36(47-34-22-23-35(28-34)48(37)47)30-10-7-12-32(26-30)38-19-9-20-44-41-16-5-6-21-46(41)54-51(38)44/h1-7,9-12,14-21,24-27,29,34-35H,8,13,22-23,28H2. The minimum Gasteiger partial charge on any atom is -0.252 e. The van der Waals surface area contributed by atoms with Crippen LogP contribution in [-0.4, -0.2) is 9.97 Å². The molecule has 2 aromatic heterocycles. The van der Waals surface area contributed by atoms with Crippen LogP contribution in [-0.2, 0) is 0 Å². The molecule has 54 heavy (non-hydrogen) atoms. The topological polar surface area (TPSA) is 25.8 Å². The number of benzene rings is 7. The van der Waals surface area contributed by atoms with Crippen molar-refractivity contribution in [2.24, 2.45) is 0 Å². The maximum absolute atomic E-state index is 5.38. The van der Waals surface area contributed by atoms with Crippen molar-refractivity contribution in [3.8, 4) is 22.3 Å². The molecular formula is C51H36N2S. The fourth-order valence-electron chi connectivity index (χ4n) is 10.2. The summed E-state index contributed by atoms with van der Waals surface area (Å²) in [6.45, 7) is 0. The second kappa shape index (κ2) is 11.8. The van der Waals surface area contributed by atoms with Gasteiger partial charge in [0.15, 0.2) is 0 Å². The van der Waals surface area contributed by atoms with Crippen LogP contribution in [0.5, 0.6) is 0 Å². The lowest BCUT2D eigenvalue weighted by atomic mass is 9.80. The van der Waals surface area contributed by atoms with Crippen LogP contribution in [0.1, 0.15) is 66.3 Å². The van der Waals surface area contributed by atoms with Crippen molar-refractivity contribution in [1.82, 2.24) is 9.97 Å². The van der Waals surface area contributed by atoms with Gasteiger partial charge in [-0.15, -0.1) is 11.3 Å². The molecule has 2 unspecified atom stereocenters. The molecule has 256 valence electrons. The molecule has 7 aromatic carbocycles. The Kier molecular flexibility index (Phi) is 6.68. The molecule has 0 saturated heterocycles. The second-order valence-electron chi connectivity index (χ2n) is 15.5. The Labute approximate surface area is 318 Å². The van der Waals surface area contributed by atoms with E-state index < -0.39 is 0 Å². The molecule has 0 radical (unpaired) electrons. The molecule has 9 aromatic rings. The molecule has 0 N–H and O–H groups in total. The van der Waals surface area contributed by atoms with E-state index in [0.29, 0.717) is 11.8 Å². The van der Waals surface area contributed by atoms with Gasteiger partial charge in [-0.05, 0) is 123 Å². The number of hydrogen-bond acceptors (Lipinski definition) is 3. The summed E-state index contributed by atoms with van der Waals surface area (Å²) in [7, 11) is 0. The summed E-state index contributed by atoms with van der Waals surface area (Å²) in [6.07, 6.45) is 12.8. The van der Waals surface area contributed by atoms with Crippen LogP contribution in [0.3, 0.4) is 0 Å². The van der Waals surface area contributed by atoms with E-state index in [-0.39, 0.29) is 0 Å². The van der Waals surface area contributed by atoms with E-state index in [9.17, 15) is 0 Å². The van der Waals surface area contributed by atoms with Gasteiger partial charge in [0.05, 0.1) is 22.9 Å². The maximum Gasteiger partial charge on any atom is 0.0979 e. The molecule has 0 amide bonds. The zero-order chi connectivity index (χ0) is 35.3. The van der Waals surface area contributed by atoms with Crippen molar-refractivity contribution in [3.05, 3.63) is 168 Å². The summed E-state index contributed by atoms with van der Waals surface area (Å²) in [5.74, 6) is 1.27. The molecule has 2 bridgehead atoms. The van der Waals surface area contributed by atoms with Crippen molar-refractivity contribution in [1.29, 1.82) is 0 Å². The van der Waals surface area contributed by atoms with Crippen molar-refractivity contribution in [2.45, 2.75) is 43.9 Å². The first kappa shape index (κ1) is 30.6. The third-order valence-electron chi connectivity index (χ3n) is 12.6. The Balaban J connectivity index is 0.958. The quantitative estimate of drug-likeness (QED) is 0.170. The van der Waals surface area contributed by atoms with Gasteiger partial charge in [0, 0.05) is 30.9 Å². The fourth-order valence-corrected chi connectivity index (χ4v) is 11.5. The van der Waals surface area contributed by atoms with E-state index in [2.05, 4.69) is 140 Å². The minimum atomic E-state index is 0.634. The molecule has 3 heteroatoms. The molecule has 12 rings (SSSR count). The zero-order valence-electron chi connectivity index (χ0n) is 29.8. The summed E-state index contributed by atoms with van der Waals surface area (Å²) in [5.41, 5.74) is 15.6. The molecule has 3 aliphatic carbocycles. The monoisotopic (exact) mass is 708 g/mol. The molecule has 3 aliphatic rings. The van der Waals surface area contributed by atoms with Crippen LogP contribution < -0.4 is 0 Å². The maximum atomic E-state index is 5.38. The molecule has 1 saturated carbocycles. The summed E-state index contributed by atoms with van der Waals surface area (Å²) >= 11 is 1.91. The van der Waals surface area contributed by atoms with E-state index in [1.807, 2.05) is 17.5 Å². The van der Waals surface area contributed by atoms with E-state index in [0.717, 1.165) is 35.0 Å². The van der Waals surface area contributed by atoms with E-state index >= 15 is 0 Å². The van der Waals surface area contributed by atoms with Crippen LogP contribution in [0.2, 0.25) is 0 Å². The number of fused-ring (bicyclic) bond motifs is 14. The highest BCUT2D eigenvalue weighted by Crippen LogP contribution is 2.58. The molecule has 0 spiro atoms. The van der Waals surface area contributed by atoms with Crippen LogP contribution in [0.15, 0.2) is 146 Å². The first-order chi connectivity index (χ1) is 26.8. The van der Waals surface area contributed by atoms with Crippen molar-refractivity contribution < 1.29 is 0 Å². The highest BCUT2D eigenvalue weighted by atomic mass is 32.1. The molecule has 2 atom stereocenters. The Bertz CT molecular complexity index is 3070. The van der Waals surface area contributed by atoms with Gasteiger partial charge in [-0.25, -0.2) is 4.98 Å². The number of aromatic nitrogens is 2. The minimum absolute atomic E-state index is 0.634. The largest absolute Gasteiger partial charge is 0.252 e. The third-order valence-corrected chi connectivity index (χ3v) is 13.8. The number of nitrogens with zero attached hydrogens (tertiary/aromatic N) is 2. The summed E-state index contributed by atoms with van der Waals surface area (Å²) in [4.78, 5) is 10.5. The van der Waals surface area contributed by atoms with Gasteiger partial charge in [0.25, 0.3) is 0 Å². The number of hydrogen-bond donors (Lipinski definition) is 0. The average Bonchev–Trinajstić information content (AvgIpc) is 3.98. The number of rotatable bonds is 4. The SMILES string of the molecule is C1=C(c2cnc3c4ccccc4c4ccccc4c3n2)CCC=C1c1ccc(-c2cccc(-c3cccc4c3sc3ccccc34)c2)c2c1C1CCC2C1. The molecule has 0 aliphatic heterocycles. The van der Waals surface area contributed by atoms with Crippen LogP contribution in [0, 0.1) is 0 Å². The van der Waals surface area contributed by atoms with Gasteiger partial charge in [0.1, 0.15) is 0 Å². The van der Waals surface area contributed by atoms with Crippen LogP contribution >= 0.6 is 11.3 Å². The van der Waals surface area contributed by atoms with Crippen LogP contribution in [0.4, 0.5) is 0 Å². The Morgan fingerprint density at radius 1 is 0.556 bits per heavy atom. The highest BCUT2D eigenvalue weighted by molar-refractivity contribution is 7.26. The lowest BCUT2D eigenvalue weighted by Gasteiger charge is -2.25. The number of thiophene rings is 1. The van der Waals surface area contributed by atoms with Crippen molar-refractivity contribution >= 4 is 75.2 Å². The molecule has 2 heterocycles. The van der Waals surface area contributed by atoms with Gasteiger partial charge in [-0.1, -0.05) is 121 Å². The normalized spacial score (nSPS) is 17.9. The Morgan fingerprint density at radius 2 is 1.20 bits per heavy atom. The summed E-state index contributed by atoms with van der Waals surface area (Å²) in [5, 5.41) is 7.50. The second-order valence-corrected chi connectivity index (χ2v) is 16.5. The fraction of sp³-hybridized carbons (Fsp3) is 0.137. The first-order valence-corrected chi connectivity index (χ1v) is 20.2. The van der Waals surface area contributed by atoms with E-state index in [1.54, 1.807) is 11.1 Å². The lowest BCUT2D eigenvalue weighted by molar-refractivity contribution is 0.717. The average molecular weight is 709 g/mol. The Hall–Kier alpha value is -5.90. The highest BCUT2D eigenvalue weighted by Gasteiger charge is 2.40. The van der Waals surface area contributed by atoms with Gasteiger partial charge in [-0.3, -0.25) is 4.98 Å². The summed E-state index contributed by atoms with van der Waals surface area (Å²) < 4.78 is 2.73. The molecule has 2 nitrogen and oxygen atoms in total. The van der Waals surface area contributed by atoms with Gasteiger partial charge in [-0.2, -0.15) is 0 Å². The van der Waals surface area contributed by atoms with E-state index in [4.69, 9.17) is 9.97 Å². The van der Waals surface area contributed by atoms with Gasteiger partial charge < -0.3 is 0 Å². The smallest absolute Gasteiger partial charge is 0.0979 e. The predicted molar refractivity (Wildman–Crippen MR) is 229 cm³/mol. The third kappa shape index (κ3) is 4.52. The van der Waals surface area contributed by atoms with E-state index in [1.165, 1.54) is 94.6 Å². The van der Waals surface area contributed by atoms with Crippen molar-refractivity contribution in [3.63, 3.8) is 0 Å². The van der Waals surface area contributed by atoms with Crippen LogP contribution in [0.25, 0.3) is 86.2 Å². The van der Waals surface area contributed by atoms with Gasteiger partial charge >= 0.3 is 0 Å². The summed E-state index contributed by atoms with van der Waals surface area (Å²) in [6, 6.07) is 47.1. The molecular weight excluding hydrogens is 673 g/mol. The van der Waals surface area contributed by atoms with Crippen molar-refractivity contribution in [2.75, 3.05) is 0 Å². The predicted octanol–water partition coefficient (Wildman–Crippen LogP) is 14.3. The van der Waals surface area contributed by atoms with Gasteiger partial charge in [0.2, 0.25) is 0 Å².